The largest absolute Gasteiger partial charge is 0.480 e. The lowest BCUT2D eigenvalue weighted by Gasteiger charge is -2.12. The molecule has 0 fully saturated rings. The van der Waals surface area contributed by atoms with E-state index in [1.807, 2.05) is 24.4 Å². The summed E-state index contributed by atoms with van der Waals surface area (Å²) >= 11 is 1.49. The summed E-state index contributed by atoms with van der Waals surface area (Å²) in [5.74, 6) is -1.20. The van der Waals surface area contributed by atoms with Crippen LogP contribution in [0.3, 0.4) is 0 Å². The highest BCUT2D eigenvalue weighted by molar-refractivity contribution is 7.10. The Morgan fingerprint density at radius 2 is 2.31 bits per heavy atom. The van der Waals surface area contributed by atoms with E-state index in [0.29, 0.717) is 6.42 Å². The minimum atomic E-state index is -0.971. The number of hydrogen-bond acceptors (Lipinski definition) is 3. The highest BCUT2D eigenvalue weighted by atomic mass is 32.1. The predicted molar refractivity (Wildman–Crippen MR) is 62.5 cm³/mol. The normalized spacial score (nSPS) is 12.1. The first kappa shape index (κ1) is 12.7. The van der Waals surface area contributed by atoms with E-state index >= 15 is 0 Å². The van der Waals surface area contributed by atoms with Crippen molar-refractivity contribution in [2.75, 3.05) is 0 Å². The molecule has 1 amide bonds. The molecule has 0 aliphatic carbocycles. The molecule has 0 saturated carbocycles. The molecule has 0 aliphatic rings. The first-order valence-corrected chi connectivity index (χ1v) is 6.06. The van der Waals surface area contributed by atoms with Crippen LogP contribution in [0.25, 0.3) is 0 Å². The molecule has 5 heteroatoms. The number of carboxylic acids is 1. The molecule has 1 atom stereocenters. The van der Waals surface area contributed by atoms with Gasteiger partial charge < -0.3 is 10.4 Å². The quantitative estimate of drug-likeness (QED) is 0.796. The van der Waals surface area contributed by atoms with Gasteiger partial charge in [0.1, 0.15) is 6.04 Å². The Morgan fingerprint density at radius 3 is 2.81 bits per heavy atom. The maximum absolute atomic E-state index is 11.5. The fourth-order valence-electron chi connectivity index (χ4n) is 1.36. The van der Waals surface area contributed by atoms with Crippen LogP contribution in [0.4, 0.5) is 0 Å². The zero-order valence-electron chi connectivity index (χ0n) is 9.10. The Labute approximate surface area is 98.3 Å². The number of rotatable bonds is 6. The third-order valence-electron chi connectivity index (χ3n) is 2.13. The van der Waals surface area contributed by atoms with E-state index in [-0.39, 0.29) is 12.3 Å². The molecule has 0 aromatic carbocycles. The Kier molecular flexibility index (Phi) is 4.98. The number of carboxylic acid groups (broad SMARTS) is 1. The van der Waals surface area contributed by atoms with Crippen LogP contribution in [0.5, 0.6) is 0 Å². The van der Waals surface area contributed by atoms with Crippen LogP contribution in [0.15, 0.2) is 17.5 Å². The van der Waals surface area contributed by atoms with Gasteiger partial charge in [0.2, 0.25) is 5.91 Å². The van der Waals surface area contributed by atoms with Crippen molar-refractivity contribution in [3.8, 4) is 0 Å². The van der Waals surface area contributed by atoms with E-state index in [4.69, 9.17) is 5.11 Å². The standard InChI is InChI=1S/C11H15NO3S/c1-2-4-9(11(14)15)12-10(13)7-8-5-3-6-16-8/h3,5-6,9H,2,4,7H2,1H3,(H,12,13)(H,14,15)/t9-/m0/s1. The minimum absolute atomic E-state index is 0.233. The van der Waals surface area contributed by atoms with Crippen LogP contribution >= 0.6 is 11.3 Å². The first-order chi connectivity index (χ1) is 7.63. The molecule has 4 nitrogen and oxygen atoms in total. The van der Waals surface area contributed by atoms with Gasteiger partial charge >= 0.3 is 5.97 Å². The molecule has 0 saturated heterocycles. The summed E-state index contributed by atoms with van der Waals surface area (Å²) in [7, 11) is 0. The second-order valence-electron chi connectivity index (χ2n) is 3.50. The Balaban J connectivity index is 2.45. The number of hydrogen-bond donors (Lipinski definition) is 2. The number of carbonyl (C=O) groups is 2. The molecule has 16 heavy (non-hydrogen) atoms. The van der Waals surface area contributed by atoms with Crippen molar-refractivity contribution in [1.29, 1.82) is 0 Å². The van der Waals surface area contributed by atoms with Gasteiger partial charge in [0, 0.05) is 4.88 Å². The van der Waals surface area contributed by atoms with E-state index in [9.17, 15) is 9.59 Å². The molecule has 0 spiro atoms. The average molecular weight is 241 g/mol. The molecule has 2 N–H and O–H groups in total. The van der Waals surface area contributed by atoms with Crippen LogP contribution in [0, 0.1) is 0 Å². The van der Waals surface area contributed by atoms with Crippen LogP contribution < -0.4 is 5.32 Å². The molecule has 0 radical (unpaired) electrons. The summed E-state index contributed by atoms with van der Waals surface area (Å²) in [4.78, 5) is 23.3. The van der Waals surface area contributed by atoms with E-state index in [2.05, 4.69) is 5.32 Å². The van der Waals surface area contributed by atoms with Gasteiger partial charge in [0.25, 0.3) is 0 Å². The summed E-state index contributed by atoms with van der Waals surface area (Å²) in [6, 6.07) is 2.96. The molecule has 1 rings (SSSR count). The fraction of sp³-hybridized carbons (Fsp3) is 0.455. The number of aliphatic carboxylic acids is 1. The third-order valence-corrected chi connectivity index (χ3v) is 3.00. The summed E-state index contributed by atoms with van der Waals surface area (Å²) < 4.78 is 0. The summed E-state index contributed by atoms with van der Waals surface area (Å²) in [5.41, 5.74) is 0. The fourth-order valence-corrected chi connectivity index (χ4v) is 2.07. The van der Waals surface area contributed by atoms with Crippen molar-refractivity contribution < 1.29 is 14.7 Å². The number of nitrogens with one attached hydrogen (secondary N) is 1. The smallest absolute Gasteiger partial charge is 0.326 e. The molecule has 0 aliphatic heterocycles. The Hall–Kier alpha value is -1.36. The van der Waals surface area contributed by atoms with E-state index in [1.165, 1.54) is 11.3 Å². The van der Waals surface area contributed by atoms with Crippen molar-refractivity contribution in [3.63, 3.8) is 0 Å². The van der Waals surface area contributed by atoms with Crippen LogP contribution in [0.2, 0.25) is 0 Å². The van der Waals surface area contributed by atoms with Gasteiger partial charge in [-0.05, 0) is 17.9 Å². The van der Waals surface area contributed by atoms with Crippen molar-refractivity contribution in [2.45, 2.75) is 32.2 Å². The SMILES string of the molecule is CCC[C@H](NC(=O)Cc1cccs1)C(=O)O. The van der Waals surface area contributed by atoms with Crippen molar-refractivity contribution >= 4 is 23.2 Å². The Bertz CT molecular complexity index is 348. The maximum Gasteiger partial charge on any atom is 0.326 e. The first-order valence-electron chi connectivity index (χ1n) is 5.18. The minimum Gasteiger partial charge on any atom is -0.480 e. The Morgan fingerprint density at radius 1 is 1.56 bits per heavy atom. The van der Waals surface area contributed by atoms with E-state index in [1.54, 1.807) is 0 Å². The van der Waals surface area contributed by atoms with Crippen molar-refractivity contribution in [2.24, 2.45) is 0 Å². The van der Waals surface area contributed by atoms with Crippen LogP contribution in [-0.4, -0.2) is 23.0 Å². The number of amides is 1. The highest BCUT2D eigenvalue weighted by Crippen LogP contribution is 2.09. The topological polar surface area (TPSA) is 66.4 Å². The summed E-state index contributed by atoms with van der Waals surface area (Å²) in [6.07, 6.45) is 1.45. The molecule has 1 aromatic heterocycles. The van der Waals surface area contributed by atoms with Gasteiger partial charge in [0.15, 0.2) is 0 Å². The highest BCUT2D eigenvalue weighted by Gasteiger charge is 2.18. The van der Waals surface area contributed by atoms with Crippen molar-refractivity contribution in [1.82, 2.24) is 5.32 Å². The van der Waals surface area contributed by atoms with Gasteiger partial charge in [-0.2, -0.15) is 0 Å². The maximum atomic E-state index is 11.5. The van der Waals surface area contributed by atoms with Crippen molar-refractivity contribution in [3.05, 3.63) is 22.4 Å². The van der Waals surface area contributed by atoms with Gasteiger partial charge in [-0.15, -0.1) is 11.3 Å². The summed E-state index contributed by atoms with van der Waals surface area (Å²) in [6.45, 7) is 1.89. The van der Waals surface area contributed by atoms with Crippen LogP contribution in [-0.2, 0) is 16.0 Å². The second kappa shape index (κ2) is 6.27. The molecule has 88 valence electrons. The van der Waals surface area contributed by atoms with Gasteiger partial charge in [0.05, 0.1) is 6.42 Å². The monoisotopic (exact) mass is 241 g/mol. The molecular formula is C11H15NO3S. The van der Waals surface area contributed by atoms with Crippen LogP contribution in [0.1, 0.15) is 24.6 Å². The predicted octanol–water partition coefficient (Wildman–Crippen LogP) is 1.66. The van der Waals surface area contributed by atoms with Gasteiger partial charge in [-0.1, -0.05) is 19.4 Å². The number of carbonyl (C=O) groups excluding carboxylic acids is 1. The lowest BCUT2D eigenvalue weighted by molar-refractivity contribution is -0.141. The number of thiophene rings is 1. The van der Waals surface area contributed by atoms with Gasteiger partial charge in [-0.25, -0.2) is 4.79 Å². The molecular weight excluding hydrogens is 226 g/mol. The molecule has 1 aromatic rings. The molecule has 1 heterocycles. The average Bonchev–Trinajstić information content (AvgIpc) is 2.69. The van der Waals surface area contributed by atoms with E-state index < -0.39 is 12.0 Å². The lowest BCUT2D eigenvalue weighted by Crippen LogP contribution is -2.41. The zero-order chi connectivity index (χ0) is 12.0. The lowest BCUT2D eigenvalue weighted by atomic mass is 10.1. The molecule has 0 unspecified atom stereocenters. The summed E-state index contributed by atoms with van der Waals surface area (Å²) in [5, 5.41) is 13.3. The second-order valence-corrected chi connectivity index (χ2v) is 4.54. The zero-order valence-corrected chi connectivity index (χ0v) is 9.92. The third kappa shape index (κ3) is 4.02. The van der Waals surface area contributed by atoms with Gasteiger partial charge in [-0.3, -0.25) is 4.79 Å². The van der Waals surface area contributed by atoms with E-state index in [0.717, 1.165) is 11.3 Å². The molecule has 0 bridgehead atoms.